The average Bonchev–Trinajstić information content (AvgIpc) is 2.59. The fraction of sp³-hybridized carbons (Fsp3) is 0.200. The minimum atomic E-state index is -0.920. The number of hydrogen-bond donors (Lipinski definition) is 0. The van der Waals surface area contributed by atoms with Crippen molar-refractivity contribution in [3.63, 3.8) is 0 Å². The number of nitrogens with zero attached hydrogens (tertiary/aromatic N) is 1. The van der Waals surface area contributed by atoms with Gasteiger partial charge in [-0.15, -0.1) is 0 Å². The summed E-state index contributed by atoms with van der Waals surface area (Å²) < 4.78 is 0. The van der Waals surface area contributed by atoms with Gasteiger partial charge in [-0.2, -0.15) is 5.26 Å². The molecule has 0 radical (unpaired) electrons. The van der Waals surface area contributed by atoms with Crippen LogP contribution in [0.25, 0.3) is 0 Å². The number of benzene rings is 2. The maximum absolute atomic E-state index is 12.8. The molecule has 0 aliphatic carbocycles. The topological polar surface area (TPSA) is 40.9 Å². The van der Waals surface area contributed by atoms with Gasteiger partial charge in [-0.25, -0.2) is 0 Å². The molecule has 0 saturated carbocycles. The fourth-order valence-electron chi connectivity index (χ4n) is 2.21. The lowest BCUT2D eigenvalue weighted by Crippen LogP contribution is -2.26. The molecule has 2 rings (SSSR count). The van der Waals surface area contributed by atoms with E-state index in [2.05, 4.69) is 17.9 Å². The molecule has 0 N–H and O–H groups in total. The molecule has 114 valence electrons. The van der Waals surface area contributed by atoms with Crippen LogP contribution in [-0.2, 0) is 0 Å². The van der Waals surface area contributed by atoms with Gasteiger partial charge in [-0.05, 0) is 25.5 Å². The molecule has 1 unspecified atom stereocenters. The third-order valence-corrected chi connectivity index (χ3v) is 3.95. The van der Waals surface area contributed by atoms with Crippen molar-refractivity contribution in [2.45, 2.75) is 19.8 Å². The van der Waals surface area contributed by atoms with Gasteiger partial charge in [0.05, 0.1) is 16.5 Å². The van der Waals surface area contributed by atoms with Crippen molar-refractivity contribution in [3.05, 3.63) is 70.7 Å². The molecule has 3 heteroatoms. The summed E-state index contributed by atoms with van der Waals surface area (Å²) in [4.78, 5) is 12.8. The Labute approximate surface area is 141 Å². The quantitative estimate of drug-likeness (QED) is 0.594. The molecular formula is C20H16ClNO. The lowest BCUT2D eigenvalue weighted by atomic mass is 9.79. The minimum Gasteiger partial charge on any atom is -0.292 e. The van der Waals surface area contributed by atoms with Gasteiger partial charge < -0.3 is 0 Å². The van der Waals surface area contributed by atoms with E-state index in [1.165, 1.54) is 0 Å². The fourth-order valence-corrected chi connectivity index (χ4v) is 2.40. The predicted molar refractivity (Wildman–Crippen MR) is 92.1 cm³/mol. The molecule has 2 aromatic carbocycles. The monoisotopic (exact) mass is 321 g/mol. The molecule has 0 fully saturated rings. The van der Waals surface area contributed by atoms with E-state index in [4.69, 9.17) is 16.9 Å². The summed E-state index contributed by atoms with van der Waals surface area (Å²) in [6.45, 7) is 1.78. The summed E-state index contributed by atoms with van der Waals surface area (Å²) in [5.74, 6) is 5.98. The van der Waals surface area contributed by atoms with Crippen LogP contribution in [0.4, 0.5) is 0 Å². The largest absolute Gasteiger partial charge is 0.292 e. The van der Waals surface area contributed by atoms with Crippen molar-refractivity contribution in [1.82, 2.24) is 0 Å². The molecule has 0 aliphatic heterocycles. The molecule has 0 bridgehead atoms. The third-order valence-electron chi connectivity index (χ3n) is 3.62. The van der Waals surface area contributed by atoms with Crippen LogP contribution in [0.2, 0.25) is 5.02 Å². The number of rotatable bonds is 4. The van der Waals surface area contributed by atoms with E-state index in [0.717, 1.165) is 0 Å². The van der Waals surface area contributed by atoms with Gasteiger partial charge in [-0.3, -0.25) is 4.79 Å². The van der Waals surface area contributed by atoms with Crippen LogP contribution < -0.4 is 0 Å². The second-order valence-corrected chi connectivity index (χ2v) is 5.82. The van der Waals surface area contributed by atoms with E-state index in [1.54, 1.807) is 25.1 Å². The zero-order valence-corrected chi connectivity index (χ0v) is 13.6. The Morgan fingerprint density at radius 3 is 2.43 bits per heavy atom. The van der Waals surface area contributed by atoms with Gasteiger partial charge in [-0.1, -0.05) is 65.9 Å². The summed E-state index contributed by atoms with van der Waals surface area (Å²) in [6.07, 6.45) is 0.654. The number of ketones is 1. The summed E-state index contributed by atoms with van der Waals surface area (Å²) in [5.41, 5.74) is 0.357. The maximum Gasteiger partial charge on any atom is 0.180 e. The van der Waals surface area contributed by atoms with Gasteiger partial charge in [0.1, 0.15) is 0 Å². The molecule has 1 atom stereocenters. The van der Waals surface area contributed by atoms with E-state index in [9.17, 15) is 4.79 Å². The Morgan fingerprint density at radius 1 is 1.13 bits per heavy atom. The van der Waals surface area contributed by atoms with Crippen LogP contribution in [0.3, 0.4) is 0 Å². The molecule has 0 aromatic heterocycles. The zero-order valence-electron chi connectivity index (χ0n) is 12.8. The number of hydrogen-bond acceptors (Lipinski definition) is 2. The highest BCUT2D eigenvalue weighted by atomic mass is 35.5. The third kappa shape index (κ3) is 4.22. The second kappa shape index (κ2) is 7.63. The van der Waals surface area contributed by atoms with Crippen LogP contribution in [0.5, 0.6) is 0 Å². The van der Waals surface area contributed by atoms with E-state index < -0.39 is 5.41 Å². The molecule has 2 nitrogen and oxygen atoms in total. The number of Topliss-reactive ketones (excluding diaryl/α,β-unsaturated/α-hetero) is 1. The number of carbonyl (C=O) groups is 1. The number of carbonyl (C=O) groups excluding carboxylic acids is 1. The lowest BCUT2D eigenvalue weighted by molar-refractivity contribution is 0.0871. The Bertz CT molecular complexity index is 796. The smallest absolute Gasteiger partial charge is 0.180 e. The maximum atomic E-state index is 12.8. The highest BCUT2D eigenvalue weighted by molar-refractivity contribution is 6.31. The van der Waals surface area contributed by atoms with E-state index >= 15 is 0 Å². The van der Waals surface area contributed by atoms with Crippen LogP contribution in [0.15, 0.2) is 54.6 Å². The number of nitriles is 1. The van der Waals surface area contributed by atoms with Crippen molar-refractivity contribution < 1.29 is 4.79 Å². The number of halogens is 1. The van der Waals surface area contributed by atoms with Gasteiger partial charge in [0, 0.05) is 17.5 Å². The van der Waals surface area contributed by atoms with Crippen molar-refractivity contribution >= 4 is 17.4 Å². The van der Waals surface area contributed by atoms with E-state index in [0.29, 0.717) is 22.6 Å². The first-order chi connectivity index (χ1) is 11.1. The van der Waals surface area contributed by atoms with Gasteiger partial charge in [0.15, 0.2) is 5.78 Å². The molecule has 2 aromatic rings. The van der Waals surface area contributed by atoms with Crippen LogP contribution in [0, 0.1) is 28.6 Å². The predicted octanol–water partition coefficient (Wildman–Crippen LogP) is 4.88. The standard InChI is InChI=1S/C20H16ClNO/c1-20(13-7-15-22,19(23)17-9-3-2-4-10-17)14-12-16-8-5-6-11-18(16)21/h2-6,8-11H,7,13H2,1H3. The lowest BCUT2D eigenvalue weighted by Gasteiger charge is -2.21. The van der Waals surface area contributed by atoms with Gasteiger partial charge >= 0.3 is 0 Å². The van der Waals surface area contributed by atoms with Crippen LogP contribution in [0.1, 0.15) is 35.7 Å². The molecule has 0 spiro atoms. The second-order valence-electron chi connectivity index (χ2n) is 5.42. The molecule has 0 heterocycles. The summed E-state index contributed by atoms with van der Waals surface area (Å²) >= 11 is 6.11. The van der Waals surface area contributed by atoms with Gasteiger partial charge in [0.25, 0.3) is 0 Å². The minimum absolute atomic E-state index is 0.0760. The molecule has 0 saturated heterocycles. The van der Waals surface area contributed by atoms with Crippen molar-refractivity contribution in [2.75, 3.05) is 0 Å². The Morgan fingerprint density at radius 2 is 1.78 bits per heavy atom. The van der Waals surface area contributed by atoms with Gasteiger partial charge in [0.2, 0.25) is 0 Å². The van der Waals surface area contributed by atoms with Crippen molar-refractivity contribution in [1.29, 1.82) is 5.26 Å². The Hall–Kier alpha value is -2.55. The normalized spacial score (nSPS) is 12.4. The van der Waals surface area contributed by atoms with Crippen LogP contribution >= 0.6 is 11.6 Å². The highest BCUT2D eigenvalue weighted by Crippen LogP contribution is 2.28. The SMILES string of the molecule is CC(C#Cc1ccccc1Cl)(CCC#N)C(=O)c1ccccc1. The van der Waals surface area contributed by atoms with Crippen molar-refractivity contribution in [3.8, 4) is 17.9 Å². The molecule has 0 amide bonds. The van der Waals surface area contributed by atoms with Crippen LogP contribution in [-0.4, -0.2) is 5.78 Å². The Kier molecular flexibility index (Phi) is 5.58. The molecule has 0 aliphatic rings. The first-order valence-electron chi connectivity index (χ1n) is 7.31. The van der Waals surface area contributed by atoms with E-state index in [1.807, 2.05) is 36.4 Å². The zero-order chi connectivity index (χ0) is 16.7. The van der Waals surface area contributed by atoms with Crippen molar-refractivity contribution in [2.24, 2.45) is 5.41 Å². The summed E-state index contributed by atoms with van der Waals surface area (Å²) in [7, 11) is 0. The summed E-state index contributed by atoms with van der Waals surface area (Å²) in [6, 6.07) is 18.4. The average molecular weight is 322 g/mol. The Balaban J connectivity index is 2.39. The highest BCUT2D eigenvalue weighted by Gasteiger charge is 2.31. The first kappa shape index (κ1) is 16.8. The molecule has 23 heavy (non-hydrogen) atoms. The molecular weight excluding hydrogens is 306 g/mol. The van der Waals surface area contributed by atoms with E-state index in [-0.39, 0.29) is 12.2 Å². The summed E-state index contributed by atoms with van der Waals surface area (Å²) in [5, 5.41) is 9.43. The first-order valence-corrected chi connectivity index (χ1v) is 7.69.